The molecule has 0 radical (unpaired) electrons. The maximum absolute atomic E-state index is 5.31. The fourth-order valence-electron chi connectivity index (χ4n) is 1.90. The van der Waals surface area contributed by atoms with Gasteiger partial charge in [-0.15, -0.1) is 0 Å². The van der Waals surface area contributed by atoms with E-state index in [9.17, 15) is 0 Å². The number of aryl methyl sites for hydroxylation is 1. The zero-order chi connectivity index (χ0) is 10.3. The Morgan fingerprint density at radius 2 is 2.33 bits per heavy atom. The molecule has 0 saturated carbocycles. The zero-order valence-corrected chi connectivity index (χ0v) is 9.04. The molecule has 0 amide bonds. The van der Waals surface area contributed by atoms with E-state index in [1.165, 1.54) is 0 Å². The molecule has 0 aliphatic carbocycles. The van der Waals surface area contributed by atoms with Gasteiger partial charge >= 0.3 is 0 Å². The number of rotatable bonds is 5. The van der Waals surface area contributed by atoms with Crippen molar-refractivity contribution in [1.82, 2.24) is 15.3 Å². The Balaban J connectivity index is 1.54. The fourth-order valence-corrected chi connectivity index (χ4v) is 1.90. The summed E-state index contributed by atoms with van der Waals surface area (Å²) in [5.41, 5.74) is 0. The number of hydrogen-bond acceptors (Lipinski definition) is 3. The molecule has 1 aromatic rings. The van der Waals surface area contributed by atoms with Crippen molar-refractivity contribution in [1.29, 1.82) is 0 Å². The van der Waals surface area contributed by atoms with Gasteiger partial charge in [0.25, 0.3) is 0 Å². The Kier molecular flexibility index (Phi) is 4.17. The minimum absolute atomic E-state index is 0.662. The first-order valence-electron chi connectivity index (χ1n) is 5.74. The maximum atomic E-state index is 5.31. The number of H-pyrrole nitrogens is 1. The van der Waals surface area contributed by atoms with Crippen LogP contribution >= 0.6 is 0 Å². The van der Waals surface area contributed by atoms with Crippen molar-refractivity contribution < 1.29 is 4.74 Å². The maximum Gasteiger partial charge on any atom is 0.106 e. The molecule has 0 spiro atoms. The van der Waals surface area contributed by atoms with Crippen LogP contribution in [0.3, 0.4) is 0 Å². The highest BCUT2D eigenvalue weighted by molar-refractivity contribution is 4.86. The second-order valence-corrected chi connectivity index (χ2v) is 3.98. The van der Waals surface area contributed by atoms with Crippen molar-refractivity contribution in [2.24, 2.45) is 0 Å². The molecule has 0 unspecified atom stereocenters. The third kappa shape index (κ3) is 3.64. The molecule has 4 nitrogen and oxygen atoms in total. The number of ether oxygens (including phenoxy) is 1. The lowest BCUT2D eigenvalue weighted by Gasteiger charge is -2.23. The van der Waals surface area contributed by atoms with E-state index in [1.54, 1.807) is 6.20 Å². The van der Waals surface area contributed by atoms with Gasteiger partial charge in [0.05, 0.1) is 0 Å². The number of imidazole rings is 1. The summed E-state index contributed by atoms with van der Waals surface area (Å²) in [4.78, 5) is 7.31. The number of aromatic amines is 1. The van der Waals surface area contributed by atoms with Crippen LogP contribution in [0.15, 0.2) is 12.4 Å². The van der Waals surface area contributed by atoms with Gasteiger partial charge in [0.15, 0.2) is 0 Å². The molecule has 0 aromatic carbocycles. The summed E-state index contributed by atoms with van der Waals surface area (Å²) in [5.74, 6) is 1.09. The minimum Gasteiger partial charge on any atom is -0.381 e. The highest BCUT2D eigenvalue weighted by Crippen LogP contribution is 2.06. The van der Waals surface area contributed by atoms with E-state index in [0.717, 1.165) is 51.3 Å². The highest BCUT2D eigenvalue weighted by atomic mass is 16.5. The van der Waals surface area contributed by atoms with Gasteiger partial charge < -0.3 is 15.0 Å². The van der Waals surface area contributed by atoms with E-state index in [4.69, 9.17) is 4.74 Å². The molecule has 2 heterocycles. The zero-order valence-electron chi connectivity index (χ0n) is 9.04. The van der Waals surface area contributed by atoms with Crippen LogP contribution in [0.5, 0.6) is 0 Å². The SMILES string of the molecule is c1c[nH]c(CCCNC2CCOCC2)n1. The molecule has 0 atom stereocenters. The smallest absolute Gasteiger partial charge is 0.106 e. The molecule has 1 saturated heterocycles. The summed E-state index contributed by atoms with van der Waals surface area (Å²) in [7, 11) is 0. The van der Waals surface area contributed by atoms with Crippen molar-refractivity contribution in [3.05, 3.63) is 18.2 Å². The van der Waals surface area contributed by atoms with Gasteiger partial charge in [0.1, 0.15) is 5.82 Å². The molecule has 1 aromatic heterocycles. The molecule has 1 aliphatic heterocycles. The number of hydrogen-bond donors (Lipinski definition) is 2. The fraction of sp³-hybridized carbons (Fsp3) is 0.727. The summed E-state index contributed by atoms with van der Waals surface area (Å²) in [6, 6.07) is 0.662. The summed E-state index contributed by atoms with van der Waals surface area (Å²) < 4.78 is 5.31. The monoisotopic (exact) mass is 209 g/mol. The topological polar surface area (TPSA) is 49.9 Å². The van der Waals surface area contributed by atoms with E-state index < -0.39 is 0 Å². The minimum atomic E-state index is 0.662. The summed E-state index contributed by atoms with van der Waals surface area (Å²) in [6.45, 7) is 2.90. The standard InChI is InChI=1S/C11H19N3O/c1(2-11-13-6-7-14-11)5-12-10-3-8-15-9-4-10/h6-7,10,12H,1-5,8-9H2,(H,13,14). The normalized spacial score (nSPS) is 18.1. The Bertz CT molecular complexity index is 255. The quantitative estimate of drug-likeness (QED) is 0.714. The van der Waals surface area contributed by atoms with Crippen LogP contribution in [0.4, 0.5) is 0 Å². The Hall–Kier alpha value is -0.870. The van der Waals surface area contributed by atoms with Crippen LogP contribution in [-0.2, 0) is 11.2 Å². The lowest BCUT2D eigenvalue weighted by molar-refractivity contribution is 0.0780. The largest absolute Gasteiger partial charge is 0.381 e. The van der Waals surface area contributed by atoms with Crippen molar-refractivity contribution in [3.8, 4) is 0 Å². The van der Waals surface area contributed by atoms with Crippen LogP contribution in [0.2, 0.25) is 0 Å². The van der Waals surface area contributed by atoms with Crippen LogP contribution in [0.25, 0.3) is 0 Å². The molecule has 4 heteroatoms. The van der Waals surface area contributed by atoms with Gasteiger partial charge in [-0.05, 0) is 25.8 Å². The second kappa shape index (κ2) is 5.88. The predicted molar refractivity (Wildman–Crippen MR) is 58.8 cm³/mol. The number of nitrogens with one attached hydrogen (secondary N) is 2. The van der Waals surface area contributed by atoms with Crippen LogP contribution < -0.4 is 5.32 Å². The van der Waals surface area contributed by atoms with Gasteiger partial charge in [0, 0.05) is 38.1 Å². The van der Waals surface area contributed by atoms with E-state index in [2.05, 4.69) is 15.3 Å². The molecule has 1 aliphatic rings. The Morgan fingerprint density at radius 3 is 3.07 bits per heavy atom. The number of nitrogens with zero attached hydrogens (tertiary/aromatic N) is 1. The van der Waals surface area contributed by atoms with Crippen molar-refractivity contribution in [2.75, 3.05) is 19.8 Å². The predicted octanol–water partition coefficient (Wildman–Crippen LogP) is 1.11. The van der Waals surface area contributed by atoms with E-state index in [1.807, 2.05) is 6.20 Å². The summed E-state index contributed by atoms with van der Waals surface area (Å²) in [5, 5.41) is 3.56. The average molecular weight is 209 g/mol. The van der Waals surface area contributed by atoms with Gasteiger partial charge in [-0.1, -0.05) is 0 Å². The molecular formula is C11H19N3O. The first-order valence-corrected chi connectivity index (χ1v) is 5.74. The van der Waals surface area contributed by atoms with Gasteiger partial charge in [-0.2, -0.15) is 0 Å². The third-order valence-electron chi connectivity index (χ3n) is 2.80. The molecule has 0 bridgehead atoms. The third-order valence-corrected chi connectivity index (χ3v) is 2.80. The van der Waals surface area contributed by atoms with Crippen molar-refractivity contribution in [3.63, 3.8) is 0 Å². The molecule has 2 N–H and O–H groups in total. The molecule has 1 fully saturated rings. The van der Waals surface area contributed by atoms with Crippen LogP contribution in [0, 0.1) is 0 Å². The lowest BCUT2D eigenvalue weighted by atomic mass is 10.1. The lowest BCUT2D eigenvalue weighted by Crippen LogP contribution is -2.35. The average Bonchev–Trinajstić information content (AvgIpc) is 2.79. The Labute approximate surface area is 90.4 Å². The van der Waals surface area contributed by atoms with Gasteiger partial charge in [-0.3, -0.25) is 0 Å². The van der Waals surface area contributed by atoms with E-state index >= 15 is 0 Å². The molecule has 15 heavy (non-hydrogen) atoms. The molecular weight excluding hydrogens is 190 g/mol. The Morgan fingerprint density at radius 1 is 1.47 bits per heavy atom. The highest BCUT2D eigenvalue weighted by Gasteiger charge is 2.11. The summed E-state index contributed by atoms with van der Waals surface area (Å²) in [6.07, 6.45) is 8.16. The van der Waals surface area contributed by atoms with Crippen LogP contribution in [-0.4, -0.2) is 35.8 Å². The number of aromatic nitrogens is 2. The molecule has 84 valence electrons. The molecule has 2 rings (SSSR count). The van der Waals surface area contributed by atoms with E-state index in [-0.39, 0.29) is 0 Å². The first kappa shape index (κ1) is 10.6. The van der Waals surface area contributed by atoms with E-state index in [0.29, 0.717) is 6.04 Å². The second-order valence-electron chi connectivity index (χ2n) is 3.98. The van der Waals surface area contributed by atoms with Gasteiger partial charge in [-0.25, -0.2) is 4.98 Å². The van der Waals surface area contributed by atoms with Gasteiger partial charge in [0.2, 0.25) is 0 Å². The first-order chi connectivity index (χ1) is 7.45. The van der Waals surface area contributed by atoms with Crippen molar-refractivity contribution >= 4 is 0 Å². The van der Waals surface area contributed by atoms with Crippen LogP contribution in [0.1, 0.15) is 25.1 Å². The summed E-state index contributed by atoms with van der Waals surface area (Å²) >= 11 is 0. The van der Waals surface area contributed by atoms with Crippen molar-refractivity contribution in [2.45, 2.75) is 31.7 Å².